The predicted octanol–water partition coefficient (Wildman–Crippen LogP) is 1.03. The Balaban J connectivity index is 2.67. The number of hydrogen-bond acceptors (Lipinski definition) is 4. The lowest BCUT2D eigenvalue weighted by atomic mass is 10.0. The van der Waals surface area contributed by atoms with E-state index in [0.717, 1.165) is 0 Å². The molecule has 0 heterocycles. The minimum atomic E-state index is -1.55. The first-order valence-corrected chi connectivity index (χ1v) is 5.14. The van der Waals surface area contributed by atoms with Crippen LogP contribution in [0.25, 0.3) is 0 Å². The summed E-state index contributed by atoms with van der Waals surface area (Å²) in [5.41, 5.74) is 0.482. The van der Waals surface area contributed by atoms with Gasteiger partial charge in [-0.2, -0.15) is 0 Å². The van der Waals surface area contributed by atoms with Crippen LogP contribution >= 0.6 is 0 Å². The van der Waals surface area contributed by atoms with Gasteiger partial charge in [0, 0.05) is 0 Å². The Labute approximate surface area is 94.5 Å². The minimum Gasteiger partial charge on any atom is -0.461 e. The number of hydrogen-bond donors (Lipinski definition) is 2. The zero-order valence-electron chi connectivity index (χ0n) is 9.33. The fourth-order valence-electron chi connectivity index (χ4n) is 1.26. The maximum absolute atomic E-state index is 11.3. The molecule has 2 atom stereocenters. The van der Waals surface area contributed by atoms with Crippen molar-refractivity contribution in [1.29, 1.82) is 0 Å². The highest BCUT2D eigenvalue weighted by atomic mass is 16.6. The normalized spacial score (nSPS) is 14.6. The summed E-state index contributed by atoms with van der Waals surface area (Å²) in [5, 5.41) is 19.3. The fourth-order valence-corrected chi connectivity index (χ4v) is 1.26. The molecule has 0 radical (unpaired) electrons. The van der Waals surface area contributed by atoms with E-state index in [9.17, 15) is 15.0 Å². The van der Waals surface area contributed by atoms with Gasteiger partial charge in [-0.1, -0.05) is 30.3 Å². The Kier molecular flexibility index (Phi) is 4.46. The molecule has 0 saturated heterocycles. The zero-order valence-corrected chi connectivity index (χ0v) is 9.33. The number of ether oxygens (including phenoxy) is 1. The maximum Gasteiger partial charge on any atom is 0.338 e. The average molecular weight is 224 g/mol. The van der Waals surface area contributed by atoms with Gasteiger partial charge in [0.25, 0.3) is 0 Å². The Morgan fingerprint density at radius 1 is 1.19 bits per heavy atom. The van der Waals surface area contributed by atoms with Crippen molar-refractivity contribution in [3.63, 3.8) is 0 Å². The highest BCUT2D eigenvalue weighted by Gasteiger charge is 2.27. The van der Waals surface area contributed by atoms with Crippen molar-refractivity contribution < 1.29 is 19.7 Å². The van der Waals surface area contributed by atoms with Crippen LogP contribution in [0.1, 0.15) is 25.5 Å². The molecule has 0 aliphatic rings. The van der Waals surface area contributed by atoms with E-state index < -0.39 is 18.2 Å². The predicted molar refractivity (Wildman–Crippen MR) is 58.6 cm³/mol. The second-order valence-corrected chi connectivity index (χ2v) is 3.79. The third-order valence-corrected chi connectivity index (χ3v) is 2.03. The van der Waals surface area contributed by atoms with Gasteiger partial charge in [-0.05, 0) is 19.4 Å². The molecule has 0 unspecified atom stereocenters. The quantitative estimate of drug-likeness (QED) is 0.750. The van der Waals surface area contributed by atoms with E-state index in [-0.39, 0.29) is 6.10 Å². The smallest absolute Gasteiger partial charge is 0.338 e. The lowest BCUT2D eigenvalue weighted by molar-refractivity contribution is -0.163. The van der Waals surface area contributed by atoms with Crippen LogP contribution in [0.4, 0.5) is 0 Å². The van der Waals surface area contributed by atoms with Crippen molar-refractivity contribution >= 4 is 5.97 Å². The van der Waals surface area contributed by atoms with Gasteiger partial charge in [0.2, 0.25) is 0 Å². The number of esters is 1. The van der Waals surface area contributed by atoms with Crippen molar-refractivity contribution in [1.82, 2.24) is 0 Å². The van der Waals surface area contributed by atoms with Gasteiger partial charge >= 0.3 is 5.97 Å². The lowest BCUT2D eigenvalue weighted by Crippen LogP contribution is -2.31. The maximum atomic E-state index is 11.3. The van der Waals surface area contributed by atoms with Crippen LogP contribution in [0, 0.1) is 0 Å². The number of carbonyl (C=O) groups excluding carboxylic acids is 1. The van der Waals surface area contributed by atoms with Crippen LogP contribution in [-0.2, 0) is 9.53 Å². The fraction of sp³-hybridized carbons (Fsp3) is 0.417. The van der Waals surface area contributed by atoms with Gasteiger partial charge in [0.05, 0.1) is 6.10 Å². The molecule has 1 aromatic carbocycles. The summed E-state index contributed by atoms with van der Waals surface area (Å²) < 4.78 is 4.81. The number of rotatable bonds is 4. The van der Waals surface area contributed by atoms with Gasteiger partial charge < -0.3 is 14.9 Å². The molecule has 16 heavy (non-hydrogen) atoms. The van der Waals surface area contributed by atoms with Crippen LogP contribution < -0.4 is 0 Å². The molecule has 0 aliphatic carbocycles. The van der Waals surface area contributed by atoms with Crippen LogP contribution in [-0.4, -0.2) is 28.4 Å². The van der Waals surface area contributed by atoms with Crippen molar-refractivity contribution in [2.24, 2.45) is 0 Å². The number of benzene rings is 1. The third kappa shape index (κ3) is 3.32. The minimum absolute atomic E-state index is 0.315. The molecule has 0 spiro atoms. The van der Waals surface area contributed by atoms with Crippen LogP contribution in [0.5, 0.6) is 0 Å². The van der Waals surface area contributed by atoms with Gasteiger partial charge in [-0.25, -0.2) is 4.79 Å². The van der Waals surface area contributed by atoms with Crippen molar-refractivity contribution in [3.8, 4) is 0 Å². The summed E-state index contributed by atoms with van der Waals surface area (Å²) in [5.74, 6) is -0.814. The molecule has 0 aliphatic heterocycles. The second kappa shape index (κ2) is 5.63. The highest BCUT2D eigenvalue weighted by molar-refractivity contribution is 5.75. The molecule has 1 rings (SSSR count). The third-order valence-electron chi connectivity index (χ3n) is 2.03. The monoisotopic (exact) mass is 224 g/mol. The van der Waals surface area contributed by atoms with Crippen LogP contribution in [0.3, 0.4) is 0 Å². The van der Waals surface area contributed by atoms with Crippen molar-refractivity contribution in [2.75, 3.05) is 0 Å². The van der Waals surface area contributed by atoms with Gasteiger partial charge in [-0.15, -0.1) is 0 Å². The van der Waals surface area contributed by atoms with E-state index in [0.29, 0.717) is 5.56 Å². The first kappa shape index (κ1) is 12.7. The first-order chi connectivity index (χ1) is 7.52. The summed E-state index contributed by atoms with van der Waals surface area (Å²) in [6.45, 7) is 3.36. The summed E-state index contributed by atoms with van der Waals surface area (Å²) in [6.07, 6.45) is -3.12. The van der Waals surface area contributed by atoms with E-state index in [2.05, 4.69) is 0 Å². The molecule has 1 aromatic rings. The number of aliphatic hydroxyl groups is 2. The van der Waals surface area contributed by atoms with E-state index in [1.807, 2.05) is 0 Å². The molecule has 0 fully saturated rings. The van der Waals surface area contributed by atoms with Crippen LogP contribution in [0.2, 0.25) is 0 Å². The van der Waals surface area contributed by atoms with Gasteiger partial charge in [-0.3, -0.25) is 0 Å². The summed E-state index contributed by atoms with van der Waals surface area (Å²) in [4.78, 5) is 11.3. The second-order valence-electron chi connectivity index (χ2n) is 3.79. The van der Waals surface area contributed by atoms with Crippen molar-refractivity contribution in [3.05, 3.63) is 35.9 Å². The summed E-state index contributed by atoms with van der Waals surface area (Å²) in [6, 6.07) is 8.50. The van der Waals surface area contributed by atoms with E-state index in [1.165, 1.54) is 0 Å². The Bertz CT molecular complexity index is 334. The molecule has 0 aromatic heterocycles. The molecule has 0 amide bonds. The lowest BCUT2D eigenvalue weighted by Gasteiger charge is -2.18. The largest absolute Gasteiger partial charge is 0.461 e. The molecule has 2 N–H and O–H groups in total. The molecule has 0 bridgehead atoms. The summed E-state index contributed by atoms with van der Waals surface area (Å²) >= 11 is 0. The SMILES string of the molecule is CC(C)OC(=O)[C@@H](O)[C@H](O)c1ccccc1. The standard InChI is InChI=1S/C12H16O4/c1-8(2)16-12(15)11(14)10(13)9-6-4-3-5-7-9/h3-8,10-11,13-14H,1-2H3/t10-,11+/m1/s1. The van der Waals surface area contributed by atoms with E-state index >= 15 is 0 Å². The summed E-state index contributed by atoms with van der Waals surface area (Å²) in [7, 11) is 0. The number of carbonyl (C=O) groups is 1. The highest BCUT2D eigenvalue weighted by Crippen LogP contribution is 2.17. The Hall–Kier alpha value is -1.39. The van der Waals surface area contributed by atoms with Crippen molar-refractivity contribution in [2.45, 2.75) is 32.2 Å². The molecule has 88 valence electrons. The molecule has 4 nitrogen and oxygen atoms in total. The van der Waals surface area contributed by atoms with Gasteiger partial charge in [0.1, 0.15) is 6.10 Å². The van der Waals surface area contributed by atoms with E-state index in [4.69, 9.17) is 4.74 Å². The van der Waals surface area contributed by atoms with Gasteiger partial charge in [0.15, 0.2) is 6.10 Å². The topological polar surface area (TPSA) is 66.8 Å². The number of aliphatic hydroxyl groups excluding tert-OH is 2. The molecular weight excluding hydrogens is 208 g/mol. The molecule has 4 heteroatoms. The average Bonchev–Trinajstić information content (AvgIpc) is 2.27. The Morgan fingerprint density at radius 3 is 2.25 bits per heavy atom. The Morgan fingerprint density at radius 2 is 1.75 bits per heavy atom. The first-order valence-electron chi connectivity index (χ1n) is 5.14. The zero-order chi connectivity index (χ0) is 12.1. The molecule has 0 saturated carbocycles. The molecular formula is C12H16O4. The van der Waals surface area contributed by atoms with Crippen LogP contribution in [0.15, 0.2) is 30.3 Å². The van der Waals surface area contributed by atoms with E-state index in [1.54, 1.807) is 44.2 Å².